The van der Waals surface area contributed by atoms with Crippen molar-refractivity contribution in [2.24, 2.45) is 10.9 Å². The number of nitrogens with one attached hydrogen (secondary N) is 1. The lowest BCUT2D eigenvalue weighted by molar-refractivity contribution is -0.125. The van der Waals surface area contributed by atoms with Crippen LogP contribution in [0.2, 0.25) is 0 Å². The first kappa shape index (κ1) is 21.3. The highest BCUT2D eigenvalue weighted by atomic mass is 32.2. The topological polar surface area (TPSA) is 105 Å². The standard InChI is InChI=1S/C22H32N4O3S/c1-16-17(8-5-9-19(16)23)10-15-30(28,29)26-13-11-22(12-14-26)21(27)24-20(25-22)18-6-3-2-4-7-18/h5,8-9,18H,2-4,6-7,10-15,23H2,1H3,(H,24,25,27). The van der Waals surface area contributed by atoms with E-state index in [0.29, 0.717) is 44.0 Å². The Morgan fingerprint density at radius 3 is 2.60 bits per heavy atom. The van der Waals surface area contributed by atoms with Crippen molar-refractivity contribution in [3.05, 3.63) is 29.3 Å². The summed E-state index contributed by atoms with van der Waals surface area (Å²) in [6, 6.07) is 5.61. The molecule has 164 valence electrons. The number of anilines is 1. The lowest BCUT2D eigenvalue weighted by Gasteiger charge is -2.34. The fourth-order valence-corrected chi connectivity index (χ4v) is 6.40. The summed E-state index contributed by atoms with van der Waals surface area (Å²) < 4.78 is 27.3. The average Bonchev–Trinajstić information content (AvgIpc) is 3.06. The molecule has 1 saturated heterocycles. The number of carbonyl (C=O) groups is 1. The van der Waals surface area contributed by atoms with Crippen molar-refractivity contribution in [2.75, 3.05) is 24.6 Å². The normalized spacial score (nSPS) is 22.8. The third kappa shape index (κ3) is 4.12. The van der Waals surface area contributed by atoms with Crippen molar-refractivity contribution in [1.29, 1.82) is 0 Å². The number of aryl methyl sites for hydroxylation is 1. The number of piperidine rings is 1. The van der Waals surface area contributed by atoms with E-state index in [2.05, 4.69) is 5.32 Å². The molecule has 0 atom stereocenters. The molecule has 0 aromatic heterocycles. The Hall–Kier alpha value is -1.93. The van der Waals surface area contributed by atoms with Gasteiger partial charge in [0.25, 0.3) is 5.91 Å². The molecule has 0 unspecified atom stereocenters. The maximum absolute atomic E-state index is 12.9. The number of nitrogens with zero attached hydrogens (tertiary/aromatic N) is 2. The third-order valence-electron chi connectivity index (χ3n) is 7.05. The van der Waals surface area contributed by atoms with Crippen molar-refractivity contribution < 1.29 is 13.2 Å². The van der Waals surface area contributed by atoms with E-state index < -0.39 is 15.6 Å². The molecule has 1 aliphatic carbocycles. The number of carbonyl (C=O) groups excluding carboxylic acids is 1. The first-order valence-electron chi connectivity index (χ1n) is 11.0. The maximum Gasteiger partial charge on any atom is 0.253 e. The van der Waals surface area contributed by atoms with Crippen LogP contribution in [0.25, 0.3) is 0 Å². The van der Waals surface area contributed by atoms with E-state index in [-0.39, 0.29) is 11.7 Å². The monoisotopic (exact) mass is 432 g/mol. The number of hydrogen-bond donors (Lipinski definition) is 2. The predicted molar refractivity (Wildman–Crippen MR) is 119 cm³/mol. The van der Waals surface area contributed by atoms with Crippen LogP contribution in [0.1, 0.15) is 56.1 Å². The quantitative estimate of drug-likeness (QED) is 0.697. The van der Waals surface area contributed by atoms with E-state index >= 15 is 0 Å². The molecule has 3 aliphatic rings. The van der Waals surface area contributed by atoms with Gasteiger partial charge in [0.05, 0.1) is 5.75 Å². The SMILES string of the molecule is Cc1c(N)cccc1CCS(=O)(=O)N1CCC2(CC1)N=C(C1CCCCC1)NC2=O. The van der Waals surface area contributed by atoms with Crippen molar-refractivity contribution >= 4 is 27.5 Å². The summed E-state index contributed by atoms with van der Waals surface area (Å²) in [6.45, 7) is 2.60. The Labute approximate surface area is 179 Å². The summed E-state index contributed by atoms with van der Waals surface area (Å²) in [5, 5.41) is 3.03. The van der Waals surface area contributed by atoms with Gasteiger partial charge < -0.3 is 11.1 Å². The molecule has 8 heteroatoms. The molecular formula is C22H32N4O3S. The van der Waals surface area contributed by atoms with Gasteiger partial charge in [-0.15, -0.1) is 0 Å². The number of benzene rings is 1. The lowest BCUT2D eigenvalue weighted by atomic mass is 9.88. The second-order valence-electron chi connectivity index (χ2n) is 8.91. The maximum atomic E-state index is 12.9. The van der Waals surface area contributed by atoms with Gasteiger partial charge in [0.1, 0.15) is 11.4 Å². The van der Waals surface area contributed by atoms with Crippen molar-refractivity contribution in [3.8, 4) is 0 Å². The molecule has 1 amide bonds. The predicted octanol–water partition coefficient (Wildman–Crippen LogP) is 2.39. The second-order valence-corrected chi connectivity index (χ2v) is 11.0. The Kier molecular flexibility index (Phi) is 5.90. The van der Waals surface area contributed by atoms with Gasteiger partial charge in [0, 0.05) is 24.7 Å². The number of nitrogen functional groups attached to an aromatic ring is 1. The molecule has 30 heavy (non-hydrogen) atoms. The van der Waals surface area contributed by atoms with Crippen LogP contribution in [0.3, 0.4) is 0 Å². The molecule has 0 radical (unpaired) electrons. The Balaban J connectivity index is 1.39. The van der Waals surface area contributed by atoms with E-state index in [1.165, 1.54) is 23.6 Å². The summed E-state index contributed by atoms with van der Waals surface area (Å²) in [7, 11) is -3.40. The minimum atomic E-state index is -3.40. The molecule has 7 nitrogen and oxygen atoms in total. The van der Waals surface area contributed by atoms with Gasteiger partial charge in [0.15, 0.2) is 0 Å². The summed E-state index contributed by atoms with van der Waals surface area (Å²) in [4.78, 5) is 17.6. The van der Waals surface area contributed by atoms with E-state index in [9.17, 15) is 13.2 Å². The molecule has 2 heterocycles. The van der Waals surface area contributed by atoms with Crippen LogP contribution < -0.4 is 11.1 Å². The van der Waals surface area contributed by atoms with Crippen LogP contribution in [-0.4, -0.2) is 48.8 Å². The third-order valence-corrected chi connectivity index (χ3v) is 8.92. The zero-order valence-electron chi connectivity index (χ0n) is 17.7. The molecule has 4 rings (SSSR count). The van der Waals surface area contributed by atoms with Gasteiger partial charge in [0.2, 0.25) is 10.0 Å². The van der Waals surface area contributed by atoms with Gasteiger partial charge in [-0.3, -0.25) is 9.79 Å². The lowest BCUT2D eigenvalue weighted by Crippen LogP contribution is -2.51. The van der Waals surface area contributed by atoms with Crippen LogP contribution in [0.5, 0.6) is 0 Å². The van der Waals surface area contributed by atoms with Gasteiger partial charge in [-0.05, 0) is 56.2 Å². The smallest absolute Gasteiger partial charge is 0.253 e. The highest BCUT2D eigenvalue weighted by Crippen LogP contribution is 2.34. The summed E-state index contributed by atoms with van der Waals surface area (Å²) >= 11 is 0. The van der Waals surface area contributed by atoms with Crippen LogP contribution in [-0.2, 0) is 21.2 Å². The molecule has 2 fully saturated rings. The van der Waals surface area contributed by atoms with Crippen LogP contribution >= 0.6 is 0 Å². The minimum absolute atomic E-state index is 0.0458. The molecule has 1 spiro atoms. The molecule has 2 aliphatic heterocycles. The number of hydrogen-bond acceptors (Lipinski definition) is 5. The van der Waals surface area contributed by atoms with Crippen molar-refractivity contribution in [3.63, 3.8) is 0 Å². The molecule has 3 N–H and O–H groups in total. The molecule has 1 aromatic carbocycles. The van der Waals surface area contributed by atoms with Crippen molar-refractivity contribution in [1.82, 2.24) is 9.62 Å². The average molecular weight is 433 g/mol. The van der Waals surface area contributed by atoms with Crippen LogP contribution in [0, 0.1) is 12.8 Å². The minimum Gasteiger partial charge on any atom is -0.399 e. The van der Waals surface area contributed by atoms with Crippen LogP contribution in [0.15, 0.2) is 23.2 Å². The number of nitrogens with two attached hydrogens (primary N) is 1. The Bertz CT molecular complexity index is 943. The van der Waals surface area contributed by atoms with Crippen LogP contribution in [0.4, 0.5) is 5.69 Å². The number of amidine groups is 1. The summed E-state index contributed by atoms with van der Waals surface area (Å²) in [5.74, 6) is 1.20. The Morgan fingerprint density at radius 1 is 1.20 bits per heavy atom. The molecule has 1 saturated carbocycles. The Morgan fingerprint density at radius 2 is 1.90 bits per heavy atom. The highest BCUT2D eigenvalue weighted by Gasteiger charge is 2.48. The zero-order valence-corrected chi connectivity index (χ0v) is 18.5. The van der Waals surface area contributed by atoms with E-state index in [1.807, 2.05) is 25.1 Å². The fraction of sp³-hybridized carbons (Fsp3) is 0.636. The number of amides is 1. The van der Waals surface area contributed by atoms with Gasteiger partial charge >= 0.3 is 0 Å². The number of aliphatic imine (C=N–C) groups is 1. The van der Waals surface area contributed by atoms with Gasteiger partial charge in [-0.25, -0.2) is 12.7 Å². The van der Waals surface area contributed by atoms with Gasteiger partial charge in [-0.1, -0.05) is 31.4 Å². The van der Waals surface area contributed by atoms with E-state index in [0.717, 1.165) is 29.8 Å². The van der Waals surface area contributed by atoms with Gasteiger partial charge in [-0.2, -0.15) is 0 Å². The van der Waals surface area contributed by atoms with E-state index in [1.54, 1.807) is 0 Å². The highest BCUT2D eigenvalue weighted by molar-refractivity contribution is 7.89. The fourth-order valence-electron chi connectivity index (χ4n) is 4.93. The first-order chi connectivity index (χ1) is 14.3. The first-order valence-corrected chi connectivity index (χ1v) is 12.6. The molecule has 0 bridgehead atoms. The second kappa shape index (κ2) is 8.30. The molecule has 1 aromatic rings. The zero-order chi connectivity index (χ0) is 21.4. The molecular weight excluding hydrogens is 400 g/mol. The number of rotatable bonds is 5. The number of sulfonamides is 1. The largest absolute Gasteiger partial charge is 0.399 e. The summed E-state index contributed by atoms with van der Waals surface area (Å²) in [5.41, 5.74) is 7.75. The summed E-state index contributed by atoms with van der Waals surface area (Å²) in [6.07, 6.45) is 7.13. The van der Waals surface area contributed by atoms with E-state index in [4.69, 9.17) is 10.7 Å². The van der Waals surface area contributed by atoms with Crippen molar-refractivity contribution in [2.45, 2.75) is 63.8 Å².